The van der Waals surface area contributed by atoms with Gasteiger partial charge in [-0.05, 0) is 42.1 Å². The average Bonchev–Trinajstić information content (AvgIpc) is 3.27. The molecule has 0 aliphatic carbocycles. The van der Waals surface area contributed by atoms with Gasteiger partial charge in [-0.15, -0.1) is 11.3 Å². The fourth-order valence-electron chi connectivity index (χ4n) is 2.17. The van der Waals surface area contributed by atoms with E-state index in [0.29, 0.717) is 11.3 Å². The quantitative estimate of drug-likeness (QED) is 0.452. The number of ether oxygens (including phenoxy) is 4. The number of rotatable bonds is 5. The SMILES string of the molecule is CCOC(=O)Oc1ccc(/C=C2/N=C(c3cccs3)OC2=O)cc1OC. The monoisotopic (exact) mass is 373 g/mol. The lowest BCUT2D eigenvalue weighted by molar-refractivity contribution is -0.129. The van der Waals surface area contributed by atoms with Gasteiger partial charge in [0.2, 0.25) is 5.90 Å². The van der Waals surface area contributed by atoms with Crippen molar-refractivity contribution >= 4 is 35.4 Å². The zero-order valence-corrected chi connectivity index (χ0v) is 14.9. The predicted molar refractivity (Wildman–Crippen MR) is 95.6 cm³/mol. The summed E-state index contributed by atoms with van der Waals surface area (Å²) in [7, 11) is 1.45. The van der Waals surface area contributed by atoms with Crippen molar-refractivity contribution in [1.82, 2.24) is 0 Å². The molecule has 0 amide bonds. The molecular formula is C18H15NO6S. The van der Waals surface area contributed by atoms with E-state index in [2.05, 4.69) is 4.99 Å². The van der Waals surface area contributed by atoms with Gasteiger partial charge in [0.15, 0.2) is 17.2 Å². The first kappa shape index (κ1) is 17.7. The van der Waals surface area contributed by atoms with Crippen molar-refractivity contribution in [2.75, 3.05) is 13.7 Å². The molecule has 0 fully saturated rings. The van der Waals surface area contributed by atoms with E-state index >= 15 is 0 Å². The van der Waals surface area contributed by atoms with Gasteiger partial charge in [-0.2, -0.15) is 0 Å². The summed E-state index contributed by atoms with van der Waals surface area (Å²) in [6, 6.07) is 8.51. The first-order chi connectivity index (χ1) is 12.6. The Morgan fingerprint density at radius 1 is 1.31 bits per heavy atom. The molecule has 1 aromatic carbocycles. The van der Waals surface area contributed by atoms with Gasteiger partial charge in [0.05, 0.1) is 18.6 Å². The molecular weight excluding hydrogens is 358 g/mol. The smallest absolute Gasteiger partial charge is 0.493 e. The molecule has 8 heteroatoms. The molecule has 26 heavy (non-hydrogen) atoms. The molecule has 0 saturated heterocycles. The van der Waals surface area contributed by atoms with E-state index in [1.807, 2.05) is 17.5 Å². The third kappa shape index (κ3) is 3.92. The highest BCUT2D eigenvalue weighted by atomic mass is 32.1. The van der Waals surface area contributed by atoms with Gasteiger partial charge in [-0.25, -0.2) is 14.6 Å². The lowest BCUT2D eigenvalue weighted by Crippen LogP contribution is -2.10. The zero-order chi connectivity index (χ0) is 18.5. The Balaban J connectivity index is 1.84. The molecule has 1 aliphatic rings. The van der Waals surface area contributed by atoms with Crippen LogP contribution in [0.25, 0.3) is 6.08 Å². The molecule has 0 radical (unpaired) electrons. The van der Waals surface area contributed by atoms with Gasteiger partial charge in [0, 0.05) is 0 Å². The highest BCUT2D eigenvalue weighted by molar-refractivity contribution is 7.12. The number of benzene rings is 1. The molecule has 2 aromatic rings. The zero-order valence-electron chi connectivity index (χ0n) is 14.1. The van der Waals surface area contributed by atoms with E-state index in [-0.39, 0.29) is 24.0 Å². The minimum atomic E-state index is -0.818. The van der Waals surface area contributed by atoms with Crippen LogP contribution in [0.4, 0.5) is 4.79 Å². The normalized spacial score (nSPS) is 14.8. The lowest BCUT2D eigenvalue weighted by Gasteiger charge is -2.09. The molecule has 0 atom stereocenters. The maximum Gasteiger partial charge on any atom is 0.513 e. The second-order valence-electron chi connectivity index (χ2n) is 5.01. The van der Waals surface area contributed by atoms with Crippen LogP contribution in [0.15, 0.2) is 46.4 Å². The van der Waals surface area contributed by atoms with Crippen LogP contribution >= 0.6 is 11.3 Å². The number of cyclic esters (lactones) is 1. The first-order valence-electron chi connectivity index (χ1n) is 7.69. The Bertz CT molecular complexity index is 885. The Morgan fingerprint density at radius 3 is 2.85 bits per heavy atom. The van der Waals surface area contributed by atoms with Gasteiger partial charge in [-0.1, -0.05) is 12.1 Å². The van der Waals surface area contributed by atoms with E-state index in [0.717, 1.165) is 4.88 Å². The van der Waals surface area contributed by atoms with E-state index in [4.69, 9.17) is 18.9 Å². The summed E-state index contributed by atoms with van der Waals surface area (Å²) >= 11 is 1.43. The van der Waals surface area contributed by atoms with Crippen molar-refractivity contribution in [3.63, 3.8) is 0 Å². The largest absolute Gasteiger partial charge is 0.513 e. The Hall–Kier alpha value is -3.13. The van der Waals surface area contributed by atoms with Gasteiger partial charge in [-0.3, -0.25) is 0 Å². The van der Waals surface area contributed by atoms with Crippen molar-refractivity contribution in [2.24, 2.45) is 4.99 Å². The van der Waals surface area contributed by atoms with E-state index < -0.39 is 12.1 Å². The van der Waals surface area contributed by atoms with Crippen LogP contribution in [0.5, 0.6) is 11.5 Å². The van der Waals surface area contributed by atoms with Crippen molar-refractivity contribution in [1.29, 1.82) is 0 Å². The van der Waals surface area contributed by atoms with Crippen molar-refractivity contribution in [2.45, 2.75) is 6.92 Å². The lowest BCUT2D eigenvalue weighted by atomic mass is 10.1. The minimum Gasteiger partial charge on any atom is -0.493 e. The third-order valence-corrected chi connectivity index (χ3v) is 4.16. The molecule has 7 nitrogen and oxygen atoms in total. The fourth-order valence-corrected chi connectivity index (χ4v) is 2.82. The van der Waals surface area contributed by atoms with Crippen LogP contribution in [0.3, 0.4) is 0 Å². The number of carbonyl (C=O) groups is 2. The molecule has 0 bridgehead atoms. The predicted octanol–water partition coefficient (Wildman–Crippen LogP) is 3.64. The summed E-state index contributed by atoms with van der Waals surface area (Å²) in [6.07, 6.45) is 0.751. The van der Waals surface area contributed by atoms with E-state index in [1.165, 1.54) is 18.4 Å². The number of hydrogen-bond donors (Lipinski definition) is 0. The third-order valence-electron chi connectivity index (χ3n) is 3.30. The summed E-state index contributed by atoms with van der Waals surface area (Å²) < 4.78 is 20.2. The number of esters is 1. The highest BCUT2D eigenvalue weighted by Crippen LogP contribution is 2.30. The molecule has 2 heterocycles. The molecule has 0 unspecified atom stereocenters. The highest BCUT2D eigenvalue weighted by Gasteiger charge is 2.24. The van der Waals surface area contributed by atoms with Crippen LogP contribution in [0, 0.1) is 0 Å². The molecule has 1 aromatic heterocycles. The van der Waals surface area contributed by atoms with E-state index in [9.17, 15) is 9.59 Å². The number of aliphatic imine (C=N–C) groups is 1. The summed E-state index contributed by atoms with van der Waals surface area (Å²) in [5.41, 5.74) is 0.815. The molecule has 1 aliphatic heterocycles. The molecule has 3 rings (SSSR count). The molecule has 0 N–H and O–H groups in total. The maximum atomic E-state index is 12.0. The fraction of sp³-hybridized carbons (Fsp3) is 0.167. The molecule has 0 spiro atoms. The van der Waals surface area contributed by atoms with Gasteiger partial charge < -0.3 is 18.9 Å². The topological polar surface area (TPSA) is 83.4 Å². The van der Waals surface area contributed by atoms with Gasteiger partial charge in [0.1, 0.15) is 0 Å². The standard InChI is InChI=1S/C18H15NO6S/c1-3-23-18(21)24-13-7-6-11(10-14(13)22-2)9-12-17(20)25-16(19-12)15-5-4-8-26-15/h4-10H,3H2,1-2H3/b12-9+. The van der Waals surface area contributed by atoms with Crippen LogP contribution in [-0.2, 0) is 14.3 Å². The number of thiophene rings is 1. The second-order valence-corrected chi connectivity index (χ2v) is 5.96. The number of carbonyl (C=O) groups excluding carboxylic acids is 2. The minimum absolute atomic E-state index is 0.175. The van der Waals surface area contributed by atoms with Gasteiger partial charge in [0.25, 0.3) is 0 Å². The Morgan fingerprint density at radius 2 is 2.15 bits per heavy atom. The summed E-state index contributed by atoms with van der Waals surface area (Å²) in [5.74, 6) is 0.288. The van der Waals surface area contributed by atoms with Crippen molar-refractivity contribution in [3.8, 4) is 11.5 Å². The molecule has 134 valence electrons. The van der Waals surface area contributed by atoms with Crippen LogP contribution in [-0.4, -0.2) is 31.7 Å². The van der Waals surface area contributed by atoms with E-state index in [1.54, 1.807) is 31.2 Å². The van der Waals surface area contributed by atoms with Crippen LogP contribution < -0.4 is 9.47 Å². The Labute approximate surface area is 153 Å². The number of hydrogen-bond acceptors (Lipinski definition) is 8. The van der Waals surface area contributed by atoms with Crippen LogP contribution in [0.1, 0.15) is 17.4 Å². The van der Waals surface area contributed by atoms with Gasteiger partial charge >= 0.3 is 12.1 Å². The number of methoxy groups -OCH3 is 1. The maximum absolute atomic E-state index is 12.0. The summed E-state index contributed by atoms with van der Waals surface area (Å²) in [5, 5.41) is 1.88. The summed E-state index contributed by atoms with van der Waals surface area (Å²) in [6.45, 7) is 1.89. The number of nitrogens with zero attached hydrogens (tertiary/aromatic N) is 1. The van der Waals surface area contributed by atoms with Crippen LogP contribution in [0.2, 0.25) is 0 Å². The average molecular weight is 373 g/mol. The van der Waals surface area contributed by atoms with Crippen molar-refractivity contribution < 1.29 is 28.5 Å². The Kier molecular flexibility index (Phi) is 5.33. The second kappa shape index (κ2) is 7.83. The molecule has 0 saturated carbocycles. The first-order valence-corrected chi connectivity index (χ1v) is 8.57. The van der Waals surface area contributed by atoms with Crippen molar-refractivity contribution in [3.05, 3.63) is 51.8 Å². The summed E-state index contributed by atoms with van der Waals surface area (Å²) in [4.78, 5) is 28.5.